The van der Waals surface area contributed by atoms with Gasteiger partial charge in [-0.05, 0) is 24.0 Å². The number of hydrogen-bond donors (Lipinski definition) is 0. The quantitative estimate of drug-likeness (QED) is 0.345. The third-order valence-corrected chi connectivity index (χ3v) is 4.31. The van der Waals surface area contributed by atoms with E-state index in [9.17, 15) is 19.7 Å². The van der Waals surface area contributed by atoms with E-state index in [0.717, 1.165) is 24.8 Å². The standard InChI is InChI=1S/C17H22N2O5/c1-3-4-5-6-15(20)18-10-9-12-7-8-13(19(22)23)11-14(12)16(18)17(21)24-2/h7-8,11,16H,3-6,9-10H2,1-2H3. The van der Waals surface area contributed by atoms with Gasteiger partial charge in [0.2, 0.25) is 5.91 Å². The normalized spacial score (nSPS) is 16.4. The molecular weight excluding hydrogens is 312 g/mol. The smallest absolute Gasteiger partial charge is 0.333 e. The molecule has 1 aliphatic heterocycles. The predicted molar refractivity (Wildman–Crippen MR) is 87.4 cm³/mol. The van der Waals surface area contributed by atoms with Gasteiger partial charge in [0, 0.05) is 25.1 Å². The third-order valence-electron chi connectivity index (χ3n) is 4.31. The zero-order valence-electron chi connectivity index (χ0n) is 14.0. The molecular formula is C17H22N2O5. The number of non-ortho nitro benzene ring substituents is 1. The van der Waals surface area contributed by atoms with Crippen molar-refractivity contribution in [1.29, 1.82) is 0 Å². The molecule has 0 aromatic heterocycles. The highest BCUT2D eigenvalue weighted by Gasteiger charge is 2.37. The maximum Gasteiger partial charge on any atom is 0.333 e. The summed E-state index contributed by atoms with van der Waals surface area (Å²) in [7, 11) is 1.26. The first kappa shape index (κ1) is 17.9. The number of nitro groups is 1. The zero-order chi connectivity index (χ0) is 17.7. The Morgan fingerprint density at radius 3 is 2.75 bits per heavy atom. The molecule has 0 N–H and O–H groups in total. The van der Waals surface area contributed by atoms with Crippen LogP contribution in [0.4, 0.5) is 5.69 Å². The van der Waals surface area contributed by atoms with Crippen molar-refractivity contribution in [2.45, 2.75) is 45.1 Å². The van der Waals surface area contributed by atoms with Crippen molar-refractivity contribution in [2.75, 3.05) is 13.7 Å². The summed E-state index contributed by atoms with van der Waals surface area (Å²) in [5, 5.41) is 11.0. The second-order valence-electron chi connectivity index (χ2n) is 5.86. The van der Waals surface area contributed by atoms with Crippen molar-refractivity contribution < 1.29 is 19.2 Å². The molecule has 24 heavy (non-hydrogen) atoms. The van der Waals surface area contributed by atoms with Gasteiger partial charge >= 0.3 is 5.97 Å². The van der Waals surface area contributed by atoms with Crippen LogP contribution in [0.1, 0.15) is 49.8 Å². The molecule has 7 nitrogen and oxygen atoms in total. The van der Waals surface area contributed by atoms with Crippen LogP contribution in [-0.4, -0.2) is 35.4 Å². The molecule has 1 aromatic carbocycles. The molecule has 1 heterocycles. The van der Waals surface area contributed by atoms with Crippen molar-refractivity contribution in [2.24, 2.45) is 0 Å². The largest absolute Gasteiger partial charge is 0.467 e. The first-order chi connectivity index (χ1) is 11.5. The van der Waals surface area contributed by atoms with Crippen LogP contribution < -0.4 is 0 Å². The number of unbranched alkanes of at least 4 members (excludes halogenated alkanes) is 2. The summed E-state index contributed by atoms with van der Waals surface area (Å²) < 4.78 is 4.85. The summed E-state index contributed by atoms with van der Waals surface area (Å²) in [6.45, 7) is 2.47. The number of nitro benzene ring substituents is 1. The first-order valence-electron chi connectivity index (χ1n) is 8.14. The van der Waals surface area contributed by atoms with Crippen LogP contribution in [0.2, 0.25) is 0 Å². The molecule has 0 saturated carbocycles. The fourth-order valence-corrected chi connectivity index (χ4v) is 3.02. The Bertz CT molecular complexity index is 644. The van der Waals surface area contributed by atoms with E-state index in [2.05, 4.69) is 6.92 Å². The third kappa shape index (κ3) is 3.72. The van der Waals surface area contributed by atoms with E-state index in [1.165, 1.54) is 24.1 Å². The summed E-state index contributed by atoms with van der Waals surface area (Å²) in [5.74, 6) is -0.684. The Morgan fingerprint density at radius 2 is 2.12 bits per heavy atom. The van der Waals surface area contributed by atoms with Gasteiger partial charge in [0.15, 0.2) is 6.04 Å². The summed E-state index contributed by atoms with van der Waals surface area (Å²) in [6.07, 6.45) is 3.65. The van der Waals surface area contributed by atoms with Crippen LogP contribution in [0, 0.1) is 10.1 Å². The molecule has 1 unspecified atom stereocenters. The number of hydrogen-bond acceptors (Lipinski definition) is 5. The van der Waals surface area contributed by atoms with E-state index in [4.69, 9.17) is 4.74 Å². The number of rotatable bonds is 6. The second-order valence-corrected chi connectivity index (χ2v) is 5.86. The van der Waals surface area contributed by atoms with Gasteiger partial charge in [-0.15, -0.1) is 0 Å². The fourth-order valence-electron chi connectivity index (χ4n) is 3.02. The Morgan fingerprint density at radius 1 is 1.38 bits per heavy atom. The van der Waals surface area contributed by atoms with Crippen LogP contribution in [-0.2, 0) is 20.7 Å². The van der Waals surface area contributed by atoms with Gasteiger partial charge in [-0.25, -0.2) is 4.79 Å². The van der Waals surface area contributed by atoms with Crippen LogP contribution >= 0.6 is 0 Å². The molecule has 130 valence electrons. The van der Waals surface area contributed by atoms with E-state index in [-0.39, 0.29) is 11.6 Å². The lowest BCUT2D eigenvalue weighted by Gasteiger charge is -2.35. The SMILES string of the molecule is CCCCCC(=O)N1CCc2ccc([N+](=O)[O-])cc2C1C(=O)OC. The molecule has 2 rings (SSSR count). The van der Waals surface area contributed by atoms with E-state index < -0.39 is 16.9 Å². The molecule has 0 saturated heterocycles. The minimum Gasteiger partial charge on any atom is -0.467 e. The average Bonchev–Trinajstić information content (AvgIpc) is 2.59. The van der Waals surface area contributed by atoms with Crippen molar-refractivity contribution in [3.8, 4) is 0 Å². The topological polar surface area (TPSA) is 89.8 Å². The van der Waals surface area contributed by atoms with Crippen molar-refractivity contribution in [3.05, 3.63) is 39.4 Å². The van der Waals surface area contributed by atoms with Gasteiger partial charge in [-0.1, -0.05) is 25.8 Å². The van der Waals surface area contributed by atoms with Gasteiger partial charge in [-0.3, -0.25) is 14.9 Å². The molecule has 0 aliphatic carbocycles. The van der Waals surface area contributed by atoms with Crippen LogP contribution in [0.25, 0.3) is 0 Å². The molecule has 1 amide bonds. The molecule has 1 aromatic rings. The number of nitrogens with zero attached hydrogens (tertiary/aromatic N) is 2. The summed E-state index contributed by atoms with van der Waals surface area (Å²) in [6, 6.07) is 3.55. The summed E-state index contributed by atoms with van der Waals surface area (Å²) >= 11 is 0. The highest BCUT2D eigenvalue weighted by atomic mass is 16.6. The maximum absolute atomic E-state index is 12.5. The first-order valence-corrected chi connectivity index (χ1v) is 8.14. The molecule has 0 bridgehead atoms. The number of amides is 1. The van der Waals surface area contributed by atoms with Gasteiger partial charge in [0.25, 0.3) is 5.69 Å². The van der Waals surface area contributed by atoms with E-state index in [1.54, 1.807) is 6.07 Å². The molecule has 1 aliphatic rings. The van der Waals surface area contributed by atoms with Crippen molar-refractivity contribution in [3.63, 3.8) is 0 Å². The highest BCUT2D eigenvalue weighted by Crippen LogP contribution is 2.34. The number of esters is 1. The van der Waals surface area contributed by atoms with Crippen LogP contribution in [0.15, 0.2) is 18.2 Å². The van der Waals surface area contributed by atoms with Gasteiger partial charge in [0.05, 0.1) is 12.0 Å². The van der Waals surface area contributed by atoms with Crippen LogP contribution in [0.5, 0.6) is 0 Å². The zero-order valence-corrected chi connectivity index (χ0v) is 14.0. The number of carbonyl (C=O) groups excluding carboxylic acids is 2. The minimum absolute atomic E-state index is 0.0945. The Labute approximate surface area is 140 Å². The molecule has 1 atom stereocenters. The molecule has 0 fully saturated rings. The minimum atomic E-state index is -0.909. The number of benzene rings is 1. The van der Waals surface area contributed by atoms with Crippen molar-refractivity contribution in [1.82, 2.24) is 4.90 Å². The average molecular weight is 334 g/mol. The number of fused-ring (bicyclic) bond motifs is 1. The number of methoxy groups -OCH3 is 1. The Hall–Kier alpha value is -2.44. The number of carbonyl (C=O) groups is 2. The summed E-state index contributed by atoms with van der Waals surface area (Å²) in [4.78, 5) is 36.8. The highest BCUT2D eigenvalue weighted by molar-refractivity contribution is 5.86. The Balaban J connectivity index is 2.34. The second kappa shape index (κ2) is 7.90. The molecule has 0 radical (unpaired) electrons. The lowest BCUT2D eigenvalue weighted by molar-refractivity contribution is -0.385. The fraction of sp³-hybridized carbons (Fsp3) is 0.529. The lowest BCUT2D eigenvalue weighted by atomic mass is 9.91. The predicted octanol–water partition coefficient (Wildman–Crippen LogP) is 2.77. The van der Waals surface area contributed by atoms with E-state index >= 15 is 0 Å². The Kier molecular flexibility index (Phi) is 5.89. The number of ether oxygens (including phenoxy) is 1. The van der Waals surface area contributed by atoms with E-state index in [0.29, 0.717) is 24.9 Å². The van der Waals surface area contributed by atoms with Gasteiger partial charge in [0.1, 0.15) is 0 Å². The molecule has 0 spiro atoms. The monoisotopic (exact) mass is 334 g/mol. The summed E-state index contributed by atoms with van der Waals surface area (Å²) in [5.41, 5.74) is 1.24. The van der Waals surface area contributed by atoms with Gasteiger partial charge in [-0.2, -0.15) is 0 Å². The maximum atomic E-state index is 12.5. The molecule has 7 heteroatoms. The van der Waals surface area contributed by atoms with Crippen LogP contribution in [0.3, 0.4) is 0 Å². The van der Waals surface area contributed by atoms with E-state index in [1.807, 2.05) is 0 Å². The van der Waals surface area contributed by atoms with Crippen molar-refractivity contribution >= 4 is 17.6 Å². The lowest BCUT2D eigenvalue weighted by Crippen LogP contribution is -2.44. The van der Waals surface area contributed by atoms with Gasteiger partial charge < -0.3 is 9.64 Å².